The molecule has 0 aromatic heterocycles. The number of hydrogen-bond acceptors (Lipinski definition) is 2. The lowest BCUT2D eigenvalue weighted by molar-refractivity contribution is 0.254. The first-order chi connectivity index (χ1) is 5.83. The molecule has 3 heteroatoms. The van der Waals surface area contributed by atoms with E-state index in [1.165, 1.54) is 25.7 Å². The van der Waals surface area contributed by atoms with Crippen LogP contribution in [0.3, 0.4) is 0 Å². The van der Waals surface area contributed by atoms with Crippen LogP contribution in [0.4, 0.5) is 0 Å². The monoisotopic (exact) mass is 188 g/mol. The van der Waals surface area contributed by atoms with E-state index in [-0.39, 0.29) is 0 Å². The molecule has 0 saturated heterocycles. The van der Waals surface area contributed by atoms with Crippen LogP contribution in [0.25, 0.3) is 0 Å². The summed E-state index contributed by atoms with van der Waals surface area (Å²) < 4.78 is 10.9. The van der Waals surface area contributed by atoms with Gasteiger partial charge in [0.25, 0.3) is 0 Å². The fourth-order valence-electron chi connectivity index (χ4n) is 2.38. The van der Waals surface area contributed by atoms with Crippen LogP contribution < -0.4 is 0 Å². The minimum Gasteiger partial charge on any atom is -0.400 e. The molecule has 1 aliphatic carbocycles. The zero-order valence-electron chi connectivity index (χ0n) is 8.38. The molecule has 0 radical (unpaired) electrons. The maximum atomic E-state index is 5.43. The highest BCUT2D eigenvalue weighted by Crippen LogP contribution is 2.40. The topological polar surface area (TPSA) is 18.5 Å². The van der Waals surface area contributed by atoms with Gasteiger partial charge in [-0.25, -0.2) is 0 Å². The van der Waals surface area contributed by atoms with Gasteiger partial charge in [-0.3, -0.25) is 0 Å². The normalized spacial score (nSPS) is 30.0. The highest BCUT2D eigenvalue weighted by molar-refractivity contribution is 6.46. The first kappa shape index (κ1) is 10.2. The average Bonchev–Trinajstić information content (AvgIpc) is 2.55. The van der Waals surface area contributed by atoms with Crippen LogP contribution in [0, 0.1) is 5.92 Å². The van der Waals surface area contributed by atoms with Crippen LogP contribution in [0.5, 0.6) is 0 Å². The van der Waals surface area contributed by atoms with Gasteiger partial charge in [-0.05, 0) is 12.3 Å². The van der Waals surface area contributed by atoms with Crippen molar-refractivity contribution in [3.8, 4) is 0 Å². The van der Waals surface area contributed by atoms with Crippen LogP contribution in [-0.2, 0) is 8.85 Å². The average molecular weight is 188 g/mol. The molecule has 0 aromatic carbocycles. The fraction of sp³-hybridized carbons (Fsp3) is 1.00. The van der Waals surface area contributed by atoms with E-state index in [0.717, 1.165) is 11.5 Å². The van der Waals surface area contributed by atoms with Gasteiger partial charge in [0.1, 0.15) is 0 Å². The van der Waals surface area contributed by atoms with Crippen LogP contribution in [0.1, 0.15) is 32.6 Å². The Morgan fingerprint density at radius 1 is 1.25 bits per heavy atom. The van der Waals surface area contributed by atoms with Gasteiger partial charge in [0.2, 0.25) is 0 Å². The Kier molecular flexibility index (Phi) is 4.25. The van der Waals surface area contributed by atoms with E-state index in [9.17, 15) is 0 Å². The first-order valence-corrected chi connectivity index (χ1v) is 6.50. The lowest BCUT2D eigenvalue weighted by Gasteiger charge is -2.23. The molecular formula is C9H20O2Si. The van der Waals surface area contributed by atoms with Crippen molar-refractivity contribution in [2.45, 2.75) is 38.1 Å². The second-order valence-electron chi connectivity index (χ2n) is 3.60. The molecular weight excluding hydrogens is 168 g/mol. The molecule has 2 atom stereocenters. The molecule has 0 aromatic rings. The van der Waals surface area contributed by atoms with E-state index >= 15 is 0 Å². The highest BCUT2D eigenvalue weighted by Gasteiger charge is 2.34. The molecule has 0 amide bonds. The van der Waals surface area contributed by atoms with Gasteiger partial charge in [0, 0.05) is 19.8 Å². The minimum atomic E-state index is -1.32. The van der Waals surface area contributed by atoms with E-state index in [1.807, 2.05) is 0 Å². The summed E-state index contributed by atoms with van der Waals surface area (Å²) in [5, 5.41) is 0. The van der Waals surface area contributed by atoms with E-state index in [1.54, 1.807) is 14.2 Å². The Hall–Kier alpha value is 0.137. The predicted octanol–water partition coefficient (Wildman–Crippen LogP) is 2.08. The fourth-order valence-corrected chi connectivity index (χ4v) is 4.69. The molecule has 0 heterocycles. The Bertz CT molecular complexity index is 126. The van der Waals surface area contributed by atoms with Crippen molar-refractivity contribution < 1.29 is 8.85 Å². The van der Waals surface area contributed by atoms with Gasteiger partial charge in [-0.2, -0.15) is 0 Å². The van der Waals surface area contributed by atoms with E-state index < -0.39 is 9.28 Å². The molecule has 0 spiro atoms. The summed E-state index contributed by atoms with van der Waals surface area (Å²) in [4.78, 5) is 0. The second kappa shape index (κ2) is 4.99. The van der Waals surface area contributed by atoms with Gasteiger partial charge in [-0.15, -0.1) is 0 Å². The molecule has 0 N–H and O–H groups in total. The zero-order valence-corrected chi connectivity index (χ0v) is 9.53. The minimum absolute atomic E-state index is 0.769. The SMILES string of the molecule is CCC1CCCC1[SiH](OC)OC. The Labute approximate surface area is 77.1 Å². The van der Waals surface area contributed by atoms with Crippen molar-refractivity contribution in [2.75, 3.05) is 14.2 Å². The molecule has 2 nitrogen and oxygen atoms in total. The lowest BCUT2D eigenvalue weighted by atomic mass is 10.1. The summed E-state index contributed by atoms with van der Waals surface area (Å²) in [5.74, 6) is 0.876. The third kappa shape index (κ3) is 2.09. The van der Waals surface area contributed by atoms with Crippen LogP contribution >= 0.6 is 0 Å². The van der Waals surface area contributed by atoms with E-state index in [4.69, 9.17) is 8.85 Å². The summed E-state index contributed by atoms with van der Waals surface area (Å²) in [6, 6.07) is 0. The third-order valence-electron chi connectivity index (χ3n) is 3.06. The van der Waals surface area contributed by atoms with Crippen molar-refractivity contribution in [3.05, 3.63) is 0 Å². The Morgan fingerprint density at radius 3 is 2.42 bits per heavy atom. The van der Waals surface area contributed by atoms with Gasteiger partial charge in [0.05, 0.1) is 0 Å². The molecule has 1 fully saturated rings. The predicted molar refractivity (Wildman–Crippen MR) is 52.5 cm³/mol. The van der Waals surface area contributed by atoms with Crippen molar-refractivity contribution in [1.29, 1.82) is 0 Å². The lowest BCUT2D eigenvalue weighted by Crippen LogP contribution is -2.28. The quantitative estimate of drug-likeness (QED) is 0.629. The van der Waals surface area contributed by atoms with Gasteiger partial charge < -0.3 is 8.85 Å². The molecule has 0 bridgehead atoms. The van der Waals surface area contributed by atoms with Crippen molar-refractivity contribution >= 4 is 9.28 Å². The summed E-state index contributed by atoms with van der Waals surface area (Å²) in [6.07, 6.45) is 5.38. The van der Waals surface area contributed by atoms with Crippen LogP contribution in [0.2, 0.25) is 5.54 Å². The maximum absolute atomic E-state index is 5.43. The summed E-state index contributed by atoms with van der Waals surface area (Å²) >= 11 is 0. The molecule has 1 saturated carbocycles. The number of rotatable bonds is 4. The number of hydrogen-bond donors (Lipinski definition) is 0. The first-order valence-electron chi connectivity index (χ1n) is 4.89. The molecule has 2 unspecified atom stereocenters. The maximum Gasteiger partial charge on any atom is 0.324 e. The molecule has 72 valence electrons. The summed E-state index contributed by atoms with van der Waals surface area (Å²) in [6.45, 7) is 2.28. The third-order valence-corrected chi connectivity index (χ3v) is 5.56. The van der Waals surface area contributed by atoms with Crippen LogP contribution in [-0.4, -0.2) is 23.5 Å². The second-order valence-corrected chi connectivity index (χ2v) is 6.14. The van der Waals surface area contributed by atoms with Gasteiger partial charge in [-0.1, -0.05) is 26.2 Å². The van der Waals surface area contributed by atoms with E-state index in [2.05, 4.69) is 6.92 Å². The Balaban J connectivity index is 2.47. The van der Waals surface area contributed by atoms with Gasteiger partial charge in [0.15, 0.2) is 0 Å². The standard InChI is InChI=1S/C9H20O2Si/c1-4-8-6-5-7-9(8)12(10-2)11-3/h8-9,12H,4-7H2,1-3H3. The van der Waals surface area contributed by atoms with E-state index in [0.29, 0.717) is 0 Å². The van der Waals surface area contributed by atoms with Crippen LogP contribution in [0.15, 0.2) is 0 Å². The molecule has 1 rings (SSSR count). The van der Waals surface area contributed by atoms with Crippen molar-refractivity contribution in [3.63, 3.8) is 0 Å². The molecule has 12 heavy (non-hydrogen) atoms. The zero-order chi connectivity index (χ0) is 8.97. The largest absolute Gasteiger partial charge is 0.400 e. The van der Waals surface area contributed by atoms with Crippen molar-refractivity contribution in [2.24, 2.45) is 5.92 Å². The van der Waals surface area contributed by atoms with Gasteiger partial charge >= 0.3 is 9.28 Å². The summed E-state index contributed by atoms with van der Waals surface area (Å²) in [5.41, 5.74) is 0.769. The smallest absolute Gasteiger partial charge is 0.324 e. The van der Waals surface area contributed by atoms with Crippen molar-refractivity contribution in [1.82, 2.24) is 0 Å². The Morgan fingerprint density at radius 2 is 1.92 bits per heavy atom. The molecule has 1 aliphatic rings. The summed E-state index contributed by atoms with van der Waals surface area (Å²) in [7, 11) is 2.27. The highest BCUT2D eigenvalue weighted by atomic mass is 28.3. The molecule has 0 aliphatic heterocycles.